The molecule has 54 heavy (non-hydrogen) atoms. The molecule has 6 aliphatic rings. The normalized spacial score (nSPS) is 28.2. The quantitative estimate of drug-likeness (QED) is 0.149. The highest BCUT2D eigenvalue weighted by Crippen LogP contribution is 2.57. The highest BCUT2D eigenvalue weighted by Gasteiger charge is 2.51. The van der Waals surface area contributed by atoms with Gasteiger partial charge < -0.3 is 29.3 Å². The Morgan fingerprint density at radius 3 is 2.35 bits per heavy atom. The minimum atomic E-state index is -2.82. The van der Waals surface area contributed by atoms with E-state index in [-0.39, 0.29) is 22.9 Å². The van der Waals surface area contributed by atoms with Crippen molar-refractivity contribution in [3.63, 3.8) is 0 Å². The van der Waals surface area contributed by atoms with Gasteiger partial charge >= 0.3 is 0 Å². The van der Waals surface area contributed by atoms with E-state index in [0.717, 1.165) is 88.3 Å². The van der Waals surface area contributed by atoms with Gasteiger partial charge in [0.25, 0.3) is 12.3 Å². The van der Waals surface area contributed by atoms with Gasteiger partial charge in [-0.2, -0.15) is 10.2 Å². The first-order valence-corrected chi connectivity index (χ1v) is 20.6. The second-order valence-corrected chi connectivity index (χ2v) is 16.9. The molecule has 1 amide bonds. The van der Waals surface area contributed by atoms with Gasteiger partial charge in [0.15, 0.2) is 11.3 Å². The molecule has 0 spiro atoms. The predicted octanol–water partition coefficient (Wildman–Crippen LogP) is 6.79. The number of carbonyl (C=O) groups excluding carboxylic acids is 1. The van der Waals surface area contributed by atoms with E-state index >= 15 is 0 Å². The van der Waals surface area contributed by atoms with Crippen molar-refractivity contribution in [1.82, 2.24) is 29.3 Å². The van der Waals surface area contributed by atoms with Crippen LogP contribution in [0.25, 0.3) is 5.65 Å². The van der Waals surface area contributed by atoms with Gasteiger partial charge in [-0.05, 0) is 120 Å². The summed E-state index contributed by atoms with van der Waals surface area (Å²) in [5.74, 6) is 3.47. The lowest BCUT2D eigenvalue weighted by molar-refractivity contribution is -0.169. The molecular formula is C40H58F2N8O4. The average Bonchev–Trinajstić information content (AvgIpc) is 3.79. The number of carbonyl (C=O) groups is 1. The highest BCUT2D eigenvalue weighted by molar-refractivity contribution is 6.08. The average molecular weight is 753 g/mol. The molecule has 0 atom stereocenters. The van der Waals surface area contributed by atoms with Crippen LogP contribution in [0.15, 0.2) is 24.7 Å². The monoisotopic (exact) mass is 752 g/mol. The van der Waals surface area contributed by atoms with E-state index in [2.05, 4.69) is 32.4 Å². The molecule has 1 N–H and O–H groups in total. The van der Waals surface area contributed by atoms with Crippen molar-refractivity contribution >= 4 is 23.1 Å². The fraction of sp³-hybridized carbons (Fsp3) is 0.750. The maximum atomic E-state index is 14.2. The topological polar surface area (TPSA) is 111 Å². The van der Waals surface area contributed by atoms with Crippen LogP contribution < -0.4 is 10.2 Å². The van der Waals surface area contributed by atoms with Gasteiger partial charge in [0.05, 0.1) is 56.6 Å². The third-order valence-electron chi connectivity index (χ3n) is 12.9. The summed E-state index contributed by atoms with van der Waals surface area (Å²) in [5, 5.41) is 11.3. The van der Waals surface area contributed by atoms with Crippen LogP contribution in [-0.2, 0) is 14.2 Å². The van der Waals surface area contributed by atoms with Crippen LogP contribution in [0.1, 0.15) is 112 Å². The number of aromatic nitrogens is 5. The van der Waals surface area contributed by atoms with Gasteiger partial charge in [0.1, 0.15) is 11.4 Å². The van der Waals surface area contributed by atoms with E-state index in [0.29, 0.717) is 44.6 Å². The first-order valence-electron chi connectivity index (χ1n) is 20.6. The molecule has 12 nitrogen and oxygen atoms in total. The summed E-state index contributed by atoms with van der Waals surface area (Å²) in [4.78, 5) is 22.6. The molecule has 1 saturated heterocycles. The Bertz CT molecular complexity index is 1670. The Labute approximate surface area is 317 Å². The Hall–Kier alpha value is -3.20. The molecule has 4 heterocycles. The van der Waals surface area contributed by atoms with Crippen LogP contribution in [-0.4, -0.2) is 107 Å². The number of hydrogen-bond acceptors (Lipinski definition) is 9. The number of hydrogen-bond donors (Lipinski definition) is 1. The van der Waals surface area contributed by atoms with E-state index in [1.54, 1.807) is 17.1 Å². The Balaban J connectivity index is 0.737. The van der Waals surface area contributed by atoms with Crippen molar-refractivity contribution in [2.75, 3.05) is 76.5 Å². The van der Waals surface area contributed by atoms with Crippen LogP contribution in [0.3, 0.4) is 0 Å². The number of fused-ring (bicyclic) bond motifs is 1. The van der Waals surface area contributed by atoms with Crippen molar-refractivity contribution in [3.05, 3.63) is 35.9 Å². The highest BCUT2D eigenvalue weighted by atomic mass is 19.3. The molecular weight excluding hydrogens is 694 g/mol. The first kappa shape index (κ1) is 37.7. The maximum Gasteiger partial charge on any atom is 0.284 e. The molecule has 1 aliphatic heterocycles. The number of ether oxygens (including phenoxy) is 3. The van der Waals surface area contributed by atoms with Gasteiger partial charge in [0, 0.05) is 38.6 Å². The van der Waals surface area contributed by atoms with Crippen molar-refractivity contribution < 1.29 is 27.8 Å². The standard InChI is InChI=1S/C40H58F2N8O4/c1-47(13-14-52-15-16-53-17-18-54-40-22-29-19-30(23-40)21-31(20-29)24-40)26-28-5-7-32(8-6-28)50-27-34(36(46-50)37(41)42)44-39(51)33-25-43-49-12-9-35(45-38(33)49)48-10-3-2-4-11-48/h9,12,25,27-32,37H,2-8,10-11,13-24,26H2,1H3,(H,44,51). The molecule has 9 rings (SSSR count). The minimum Gasteiger partial charge on any atom is -0.378 e. The van der Waals surface area contributed by atoms with Crippen molar-refractivity contribution in [2.45, 2.75) is 102 Å². The largest absolute Gasteiger partial charge is 0.378 e. The van der Waals surface area contributed by atoms with E-state index in [1.165, 1.54) is 55.7 Å². The van der Waals surface area contributed by atoms with Gasteiger partial charge in [-0.1, -0.05) is 0 Å². The van der Waals surface area contributed by atoms with E-state index in [1.807, 2.05) is 6.07 Å². The number of alkyl halides is 2. The fourth-order valence-electron chi connectivity index (χ4n) is 10.5. The molecule has 0 unspecified atom stereocenters. The van der Waals surface area contributed by atoms with Crippen LogP contribution >= 0.6 is 0 Å². The lowest BCUT2D eigenvalue weighted by Crippen LogP contribution is -2.52. The van der Waals surface area contributed by atoms with Crippen LogP contribution in [0, 0.1) is 23.7 Å². The van der Waals surface area contributed by atoms with Crippen molar-refractivity contribution in [3.8, 4) is 0 Å². The summed E-state index contributed by atoms with van der Waals surface area (Å²) in [6.07, 6.45) is 17.1. The lowest BCUT2D eigenvalue weighted by Gasteiger charge is -2.56. The summed E-state index contributed by atoms with van der Waals surface area (Å²) in [6.45, 7) is 6.77. The second-order valence-electron chi connectivity index (χ2n) is 16.9. The molecule has 0 radical (unpaired) electrons. The smallest absolute Gasteiger partial charge is 0.284 e. The number of rotatable bonds is 17. The van der Waals surface area contributed by atoms with E-state index in [4.69, 9.17) is 19.2 Å². The Kier molecular flexibility index (Phi) is 11.8. The number of amides is 1. The molecule has 6 fully saturated rings. The van der Waals surface area contributed by atoms with Crippen molar-refractivity contribution in [2.24, 2.45) is 23.7 Å². The molecule has 14 heteroatoms. The summed E-state index contributed by atoms with van der Waals surface area (Å²) in [5.41, 5.74) is 0.386. The van der Waals surface area contributed by atoms with Gasteiger partial charge in [-0.3, -0.25) is 9.48 Å². The number of piperidine rings is 1. The minimum absolute atomic E-state index is 0.00157. The summed E-state index contributed by atoms with van der Waals surface area (Å²) in [7, 11) is 2.12. The van der Waals surface area contributed by atoms with Crippen LogP contribution in [0.5, 0.6) is 0 Å². The van der Waals surface area contributed by atoms with Gasteiger partial charge in [-0.25, -0.2) is 18.3 Å². The SMILES string of the molecule is CN(CCOCCOCCOC12CC3CC(CC(C3)C1)C2)CC1CCC(n2cc(NC(=O)c3cnn4ccc(N5CCCCC5)nc34)c(C(F)F)n2)CC1. The molecule has 296 valence electrons. The summed E-state index contributed by atoms with van der Waals surface area (Å²) >= 11 is 0. The maximum absolute atomic E-state index is 14.2. The lowest BCUT2D eigenvalue weighted by atomic mass is 9.54. The number of nitrogens with one attached hydrogen (secondary N) is 1. The van der Waals surface area contributed by atoms with Crippen molar-refractivity contribution in [1.29, 1.82) is 0 Å². The summed E-state index contributed by atoms with van der Waals surface area (Å²) < 4.78 is 49.6. The Morgan fingerprint density at radius 2 is 1.65 bits per heavy atom. The third kappa shape index (κ3) is 8.76. The molecule has 4 bridgehead atoms. The number of anilines is 2. The predicted molar refractivity (Wildman–Crippen MR) is 201 cm³/mol. The molecule has 5 aliphatic carbocycles. The number of halogens is 2. The zero-order chi connectivity index (χ0) is 37.1. The molecule has 0 aromatic carbocycles. The number of nitrogens with zero attached hydrogens (tertiary/aromatic N) is 7. The zero-order valence-electron chi connectivity index (χ0n) is 31.8. The molecule has 5 saturated carbocycles. The van der Waals surface area contributed by atoms with E-state index in [9.17, 15) is 13.6 Å². The Morgan fingerprint density at radius 1 is 0.963 bits per heavy atom. The van der Waals surface area contributed by atoms with Gasteiger partial charge in [-0.15, -0.1) is 0 Å². The fourth-order valence-corrected chi connectivity index (χ4v) is 10.5. The second kappa shape index (κ2) is 16.9. The zero-order valence-corrected chi connectivity index (χ0v) is 31.8. The molecule has 3 aromatic heterocycles. The van der Waals surface area contributed by atoms with Crippen LogP contribution in [0.4, 0.5) is 20.3 Å². The van der Waals surface area contributed by atoms with E-state index < -0.39 is 18.0 Å². The number of likely N-dealkylation sites (N-methyl/N-ethyl adjacent to an activating group) is 1. The van der Waals surface area contributed by atoms with Gasteiger partial charge in [0.2, 0.25) is 0 Å². The summed E-state index contributed by atoms with van der Waals surface area (Å²) in [6, 6.07) is 1.89. The third-order valence-corrected chi connectivity index (χ3v) is 12.9. The van der Waals surface area contributed by atoms with Crippen LogP contribution in [0.2, 0.25) is 0 Å². The molecule has 3 aromatic rings. The first-order chi connectivity index (χ1) is 26.3.